The van der Waals surface area contributed by atoms with Crippen molar-refractivity contribution in [2.24, 2.45) is 0 Å². The number of halogens is 4. The highest BCUT2D eigenvalue weighted by atomic mass is 79.9. The molecule has 0 spiro atoms. The van der Waals surface area contributed by atoms with E-state index in [4.69, 9.17) is 0 Å². The van der Waals surface area contributed by atoms with Crippen LogP contribution in [-0.2, 0) is 15.7 Å². The lowest BCUT2D eigenvalue weighted by Crippen LogP contribution is -2.14. The number of hydrogen-bond acceptors (Lipinski definition) is 3. The van der Waals surface area contributed by atoms with E-state index in [0.29, 0.717) is 0 Å². The number of carbonyl (C=O) groups excluding carboxylic acids is 1. The van der Waals surface area contributed by atoms with Crippen LogP contribution in [0.2, 0.25) is 0 Å². The molecule has 1 aromatic carbocycles. The van der Waals surface area contributed by atoms with Crippen LogP contribution in [0.1, 0.15) is 17.2 Å². The number of alkyl halides is 3. The van der Waals surface area contributed by atoms with Gasteiger partial charge in [-0.05, 0) is 12.1 Å². The van der Waals surface area contributed by atoms with Crippen molar-refractivity contribution in [3.05, 3.63) is 33.8 Å². The predicted molar refractivity (Wildman–Crippen MR) is 56.1 cm³/mol. The second-order valence-corrected chi connectivity index (χ2v) is 4.01. The Balaban J connectivity index is 3.10. The molecular formula is C10H8BrF3O3. The minimum atomic E-state index is -4.47. The highest BCUT2D eigenvalue weighted by molar-refractivity contribution is 9.10. The Bertz CT molecular complexity index is 431. The van der Waals surface area contributed by atoms with E-state index in [1.807, 2.05) is 0 Å². The summed E-state index contributed by atoms with van der Waals surface area (Å²) in [6, 6.07) is 2.60. The largest absolute Gasteiger partial charge is 0.467 e. The lowest BCUT2D eigenvalue weighted by Gasteiger charge is -2.13. The molecule has 0 aliphatic carbocycles. The number of rotatable bonds is 2. The van der Waals surface area contributed by atoms with Crippen LogP contribution in [0, 0.1) is 0 Å². The lowest BCUT2D eigenvalue weighted by molar-refractivity contribution is -0.150. The SMILES string of the molecule is COC(=O)C(O)c1ccc(C(F)(F)F)cc1Br. The van der Waals surface area contributed by atoms with Crippen molar-refractivity contribution in [2.75, 3.05) is 7.11 Å². The molecule has 0 amide bonds. The van der Waals surface area contributed by atoms with Crippen molar-refractivity contribution in [1.29, 1.82) is 0 Å². The van der Waals surface area contributed by atoms with Gasteiger partial charge in [0, 0.05) is 10.0 Å². The Morgan fingerprint density at radius 2 is 2.06 bits per heavy atom. The zero-order valence-electron chi connectivity index (χ0n) is 8.58. The first-order valence-electron chi connectivity index (χ1n) is 4.40. The third-order valence-corrected chi connectivity index (χ3v) is 2.73. The number of ether oxygens (including phenoxy) is 1. The number of aliphatic hydroxyl groups is 1. The molecule has 3 nitrogen and oxygen atoms in total. The van der Waals surface area contributed by atoms with Crippen molar-refractivity contribution in [3.63, 3.8) is 0 Å². The number of esters is 1. The second-order valence-electron chi connectivity index (χ2n) is 3.16. The molecule has 1 atom stereocenters. The van der Waals surface area contributed by atoms with Gasteiger partial charge in [0.1, 0.15) is 0 Å². The Morgan fingerprint density at radius 1 is 1.47 bits per heavy atom. The van der Waals surface area contributed by atoms with Crippen LogP contribution in [0.5, 0.6) is 0 Å². The third kappa shape index (κ3) is 3.19. The number of hydrogen-bond donors (Lipinski definition) is 1. The summed E-state index contributed by atoms with van der Waals surface area (Å²) in [4.78, 5) is 11.0. The molecule has 1 unspecified atom stereocenters. The highest BCUT2D eigenvalue weighted by Crippen LogP contribution is 2.34. The summed E-state index contributed by atoms with van der Waals surface area (Å²) < 4.78 is 41.3. The Kier molecular flexibility index (Phi) is 4.16. The maximum atomic E-state index is 12.4. The van der Waals surface area contributed by atoms with Crippen LogP contribution in [0.4, 0.5) is 13.2 Å². The van der Waals surface area contributed by atoms with Gasteiger partial charge < -0.3 is 9.84 Å². The fourth-order valence-corrected chi connectivity index (χ4v) is 1.76. The molecule has 1 aromatic rings. The molecule has 17 heavy (non-hydrogen) atoms. The molecule has 0 bridgehead atoms. The van der Waals surface area contributed by atoms with Crippen LogP contribution >= 0.6 is 15.9 Å². The molecule has 1 rings (SSSR count). The van der Waals surface area contributed by atoms with E-state index < -0.39 is 23.8 Å². The summed E-state index contributed by atoms with van der Waals surface area (Å²) in [6.07, 6.45) is -6.09. The second kappa shape index (κ2) is 5.05. The summed E-state index contributed by atoms with van der Waals surface area (Å²) in [5.41, 5.74) is -0.852. The first-order valence-corrected chi connectivity index (χ1v) is 5.19. The number of aliphatic hydroxyl groups excluding tert-OH is 1. The molecule has 0 aliphatic heterocycles. The third-order valence-electron chi connectivity index (χ3n) is 2.05. The molecule has 0 fully saturated rings. The average molecular weight is 313 g/mol. The maximum Gasteiger partial charge on any atom is 0.416 e. The molecule has 0 aliphatic rings. The molecule has 7 heteroatoms. The molecule has 0 saturated heterocycles. The molecule has 1 N–H and O–H groups in total. The minimum Gasteiger partial charge on any atom is -0.467 e. The van der Waals surface area contributed by atoms with Gasteiger partial charge in [0.25, 0.3) is 0 Å². The van der Waals surface area contributed by atoms with Gasteiger partial charge in [-0.1, -0.05) is 22.0 Å². The Morgan fingerprint density at radius 3 is 2.47 bits per heavy atom. The fourth-order valence-electron chi connectivity index (χ4n) is 1.16. The van der Waals surface area contributed by atoms with Crippen LogP contribution in [0.15, 0.2) is 22.7 Å². The van der Waals surface area contributed by atoms with Gasteiger partial charge in [0.15, 0.2) is 6.10 Å². The van der Waals surface area contributed by atoms with E-state index in [2.05, 4.69) is 20.7 Å². The van der Waals surface area contributed by atoms with E-state index in [1.165, 1.54) is 0 Å². The Labute approximate surface area is 103 Å². The fraction of sp³-hybridized carbons (Fsp3) is 0.300. The zero-order valence-corrected chi connectivity index (χ0v) is 10.2. The van der Waals surface area contributed by atoms with E-state index >= 15 is 0 Å². The maximum absolute atomic E-state index is 12.4. The van der Waals surface area contributed by atoms with E-state index in [0.717, 1.165) is 25.3 Å². The molecule has 0 radical (unpaired) electrons. The molecule has 0 saturated carbocycles. The topological polar surface area (TPSA) is 46.5 Å². The van der Waals surface area contributed by atoms with Gasteiger partial charge in [-0.2, -0.15) is 13.2 Å². The molecule has 0 heterocycles. The van der Waals surface area contributed by atoms with Gasteiger partial charge in [-0.3, -0.25) is 0 Å². The molecule has 0 aromatic heterocycles. The van der Waals surface area contributed by atoms with Crippen molar-refractivity contribution in [1.82, 2.24) is 0 Å². The molecular weight excluding hydrogens is 305 g/mol. The van der Waals surface area contributed by atoms with Gasteiger partial charge in [0.05, 0.1) is 12.7 Å². The number of methoxy groups -OCH3 is 1. The van der Waals surface area contributed by atoms with Gasteiger partial charge >= 0.3 is 12.1 Å². The van der Waals surface area contributed by atoms with Gasteiger partial charge in [0.2, 0.25) is 0 Å². The van der Waals surface area contributed by atoms with Gasteiger partial charge in [-0.25, -0.2) is 4.79 Å². The smallest absolute Gasteiger partial charge is 0.416 e. The summed E-state index contributed by atoms with van der Waals surface area (Å²) in [6.45, 7) is 0. The summed E-state index contributed by atoms with van der Waals surface area (Å²) in [5.74, 6) is -0.939. The van der Waals surface area contributed by atoms with Crippen LogP contribution < -0.4 is 0 Å². The van der Waals surface area contributed by atoms with Crippen molar-refractivity contribution in [2.45, 2.75) is 12.3 Å². The molecule has 94 valence electrons. The van der Waals surface area contributed by atoms with Crippen molar-refractivity contribution >= 4 is 21.9 Å². The Hall–Kier alpha value is -1.08. The first kappa shape index (κ1) is 14.0. The van der Waals surface area contributed by atoms with Crippen LogP contribution in [0.25, 0.3) is 0 Å². The van der Waals surface area contributed by atoms with Crippen LogP contribution in [0.3, 0.4) is 0 Å². The van der Waals surface area contributed by atoms with Crippen LogP contribution in [-0.4, -0.2) is 18.2 Å². The standard InChI is InChI=1S/C10H8BrF3O3/c1-17-9(16)8(15)6-3-2-5(4-7(6)11)10(12,13)14/h2-4,8,15H,1H3. The predicted octanol–water partition coefficient (Wildman–Crippen LogP) is 2.67. The number of carbonyl (C=O) groups is 1. The van der Waals surface area contributed by atoms with Crippen molar-refractivity contribution < 1.29 is 27.8 Å². The monoisotopic (exact) mass is 312 g/mol. The van der Waals surface area contributed by atoms with Gasteiger partial charge in [-0.15, -0.1) is 0 Å². The minimum absolute atomic E-state index is 0.00905. The van der Waals surface area contributed by atoms with E-state index in [1.54, 1.807) is 0 Å². The van der Waals surface area contributed by atoms with Crippen molar-refractivity contribution in [3.8, 4) is 0 Å². The number of benzene rings is 1. The first-order chi connectivity index (χ1) is 7.77. The summed E-state index contributed by atoms with van der Waals surface area (Å²) >= 11 is 2.87. The van der Waals surface area contributed by atoms with E-state index in [-0.39, 0.29) is 10.0 Å². The quantitative estimate of drug-likeness (QED) is 0.854. The average Bonchev–Trinajstić information content (AvgIpc) is 2.25. The summed E-state index contributed by atoms with van der Waals surface area (Å²) in [7, 11) is 1.07. The highest BCUT2D eigenvalue weighted by Gasteiger charge is 2.31. The van der Waals surface area contributed by atoms with E-state index in [9.17, 15) is 23.1 Å². The zero-order chi connectivity index (χ0) is 13.2. The lowest BCUT2D eigenvalue weighted by atomic mass is 10.1. The normalized spacial score (nSPS) is 13.3. The summed E-state index contributed by atoms with van der Waals surface area (Å²) in [5, 5.41) is 9.48.